The number of amides is 2. The highest BCUT2D eigenvalue weighted by atomic mass is 32.2. The van der Waals surface area contributed by atoms with E-state index in [1.165, 1.54) is 16.4 Å². The van der Waals surface area contributed by atoms with E-state index >= 15 is 0 Å². The van der Waals surface area contributed by atoms with Crippen LogP contribution in [-0.2, 0) is 19.6 Å². The minimum atomic E-state index is -3.74. The van der Waals surface area contributed by atoms with Crippen LogP contribution in [0.1, 0.15) is 51.4 Å². The van der Waals surface area contributed by atoms with E-state index in [1.807, 2.05) is 0 Å². The molecule has 2 amide bonds. The highest BCUT2D eigenvalue weighted by Gasteiger charge is 2.33. The van der Waals surface area contributed by atoms with Gasteiger partial charge in [0.1, 0.15) is 5.82 Å². The van der Waals surface area contributed by atoms with Crippen molar-refractivity contribution in [2.75, 3.05) is 13.1 Å². The van der Waals surface area contributed by atoms with Crippen LogP contribution in [0, 0.1) is 5.82 Å². The molecule has 1 aromatic rings. The van der Waals surface area contributed by atoms with Crippen LogP contribution in [0.3, 0.4) is 0 Å². The van der Waals surface area contributed by atoms with E-state index < -0.39 is 27.7 Å². The van der Waals surface area contributed by atoms with Gasteiger partial charge in [0.05, 0.1) is 4.90 Å². The van der Waals surface area contributed by atoms with Crippen LogP contribution >= 0.6 is 0 Å². The maximum absolute atomic E-state index is 13.1. The van der Waals surface area contributed by atoms with Crippen LogP contribution in [-0.4, -0.2) is 49.7 Å². The molecule has 1 saturated heterocycles. The minimum absolute atomic E-state index is 0.0609. The van der Waals surface area contributed by atoms with Crippen molar-refractivity contribution in [2.45, 2.75) is 68.3 Å². The zero-order chi connectivity index (χ0) is 20.9. The molecule has 0 aromatic heterocycles. The van der Waals surface area contributed by atoms with Gasteiger partial charge in [-0.3, -0.25) is 9.59 Å². The average Bonchev–Trinajstić information content (AvgIpc) is 3.21. The fourth-order valence-electron chi connectivity index (χ4n) is 4.07. The topological polar surface area (TPSA) is 95.6 Å². The first-order valence-corrected chi connectivity index (χ1v) is 11.7. The second kappa shape index (κ2) is 9.67. The molecule has 1 aliphatic heterocycles. The van der Waals surface area contributed by atoms with E-state index in [2.05, 4.69) is 10.6 Å². The lowest BCUT2D eigenvalue weighted by Gasteiger charge is -2.34. The Labute approximate surface area is 171 Å². The van der Waals surface area contributed by atoms with Crippen molar-refractivity contribution < 1.29 is 22.4 Å². The van der Waals surface area contributed by atoms with Gasteiger partial charge >= 0.3 is 11.8 Å². The van der Waals surface area contributed by atoms with Gasteiger partial charge in [-0.2, -0.15) is 4.31 Å². The van der Waals surface area contributed by atoms with Gasteiger partial charge in [0.2, 0.25) is 10.0 Å². The number of carbonyl (C=O) groups excluding carboxylic acids is 2. The van der Waals surface area contributed by atoms with Crippen molar-refractivity contribution in [3.05, 3.63) is 30.1 Å². The lowest BCUT2D eigenvalue weighted by atomic mass is 10.0. The van der Waals surface area contributed by atoms with Gasteiger partial charge in [-0.05, 0) is 56.4 Å². The van der Waals surface area contributed by atoms with E-state index in [9.17, 15) is 22.4 Å². The molecule has 0 radical (unpaired) electrons. The fraction of sp³-hybridized carbons (Fsp3) is 0.600. The van der Waals surface area contributed by atoms with E-state index in [4.69, 9.17) is 0 Å². The van der Waals surface area contributed by atoms with Gasteiger partial charge in [-0.1, -0.05) is 19.3 Å². The van der Waals surface area contributed by atoms with E-state index in [0.717, 1.165) is 50.7 Å². The highest BCUT2D eigenvalue weighted by Crippen LogP contribution is 2.27. The summed E-state index contributed by atoms with van der Waals surface area (Å²) in [5, 5.41) is 5.34. The predicted octanol–water partition coefficient (Wildman–Crippen LogP) is 1.93. The van der Waals surface area contributed by atoms with Crippen molar-refractivity contribution >= 4 is 21.8 Å². The number of hydrogen-bond donors (Lipinski definition) is 2. The summed E-state index contributed by atoms with van der Waals surface area (Å²) >= 11 is 0. The third kappa shape index (κ3) is 5.54. The van der Waals surface area contributed by atoms with Gasteiger partial charge in [0.15, 0.2) is 0 Å². The van der Waals surface area contributed by atoms with Crippen LogP contribution in [0.5, 0.6) is 0 Å². The molecule has 2 aliphatic rings. The Hall–Kier alpha value is -2.00. The van der Waals surface area contributed by atoms with Crippen molar-refractivity contribution in [3.8, 4) is 0 Å². The van der Waals surface area contributed by atoms with Crippen LogP contribution in [0.4, 0.5) is 4.39 Å². The van der Waals surface area contributed by atoms with Crippen LogP contribution < -0.4 is 10.6 Å². The number of benzene rings is 1. The number of hydrogen-bond acceptors (Lipinski definition) is 4. The molecule has 2 N–H and O–H groups in total. The largest absolute Gasteiger partial charge is 0.348 e. The standard InChI is InChI=1S/C20H28FN3O4S/c21-15-8-10-18(11-9-15)29(27,28)24-14-4-3-7-17(24)12-13-22-19(25)20(26)23-16-5-1-2-6-16/h8-11,16-17H,1-7,12-14H2,(H,22,25)(H,23,26)/t17-/m0/s1. The SMILES string of the molecule is O=C(NCC[C@@H]1CCCCN1S(=O)(=O)c1ccc(F)cc1)C(=O)NC1CCCC1. The molecule has 1 heterocycles. The zero-order valence-corrected chi connectivity index (χ0v) is 17.2. The van der Waals surface area contributed by atoms with Crippen LogP contribution in [0.15, 0.2) is 29.2 Å². The molecule has 3 rings (SSSR count). The first kappa shape index (κ1) is 21.7. The van der Waals surface area contributed by atoms with E-state index in [0.29, 0.717) is 19.4 Å². The summed E-state index contributed by atoms with van der Waals surface area (Å²) in [6.07, 6.45) is 6.69. The first-order valence-electron chi connectivity index (χ1n) is 10.2. The quantitative estimate of drug-likeness (QED) is 0.681. The summed E-state index contributed by atoms with van der Waals surface area (Å²) < 4.78 is 40.5. The Balaban J connectivity index is 1.55. The molecule has 1 atom stereocenters. The normalized spacial score (nSPS) is 21.1. The summed E-state index contributed by atoms with van der Waals surface area (Å²) in [7, 11) is -3.74. The zero-order valence-electron chi connectivity index (χ0n) is 16.4. The predicted molar refractivity (Wildman–Crippen MR) is 106 cm³/mol. The summed E-state index contributed by atoms with van der Waals surface area (Å²) in [6, 6.07) is 4.61. The van der Waals surface area contributed by atoms with Crippen molar-refractivity contribution in [1.82, 2.24) is 14.9 Å². The molecule has 160 valence electrons. The number of carbonyl (C=O) groups is 2. The lowest BCUT2D eigenvalue weighted by molar-refractivity contribution is -0.139. The third-order valence-corrected chi connectivity index (χ3v) is 7.62. The number of halogens is 1. The monoisotopic (exact) mass is 425 g/mol. The lowest BCUT2D eigenvalue weighted by Crippen LogP contribution is -2.47. The Morgan fingerprint density at radius 3 is 2.34 bits per heavy atom. The maximum Gasteiger partial charge on any atom is 0.309 e. The molecule has 9 heteroatoms. The molecular formula is C20H28FN3O4S. The Morgan fingerprint density at radius 2 is 1.66 bits per heavy atom. The number of nitrogens with zero attached hydrogens (tertiary/aromatic N) is 1. The number of sulfonamides is 1. The molecule has 29 heavy (non-hydrogen) atoms. The smallest absolute Gasteiger partial charge is 0.309 e. The fourth-order valence-corrected chi connectivity index (χ4v) is 5.80. The minimum Gasteiger partial charge on any atom is -0.348 e. The summed E-state index contributed by atoms with van der Waals surface area (Å²) in [5.74, 6) is -1.80. The highest BCUT2D eigenvalue weighted by molar-refractivity contribution is 7.89. The number of piperidine rings is 1. The second-order valence-corrected chi connectivity index (χ2v) is 9.61. The molecule has 1 saturated carbocycles. The molecule has 0 unspecified atom stereocenters. The van der Waals surface area contributed by atoms with E-state index in [1.54, 1.807) is 0 Å². The number of rotatable bonds is 6. The third-order valence-electron chi connectivity index (χ3n) is 5.65. The van der Waals surface area contributed by atoms with Crippen molar-refractivity contribution in [2.24, 2.45) is 0 Å². The van der Waals surface area contributed by atoms with Crippen LogP contribution in [0.2, 0.25) is 0 Å². The Kier molecular flexibility index (Phi) is 7.23. The van der Waals surface area contributed by atoms with Crippen molar-refractivity contribution in [3.63, 3.8) is 0 Å². The van der Waals surface area contributed by atoms with Gasteiger partial charge in [-0.25, -0.2) is 12.8 Å². The molecule has 0 bridgehead atoms. The molecule has 1 aliphatic carbocycles. The second-order valence-electron chi connectivity index (χ2n) is 7.72. The molecule has 1 aromatic carbocycles. The molecule has 2 fully saturated rings. The Morgan fingerprint density at radius 1 is 1.00 bits per heavy atom. The summed E-state index contributed by atoms with van der Waals surface area (Å²) in [5.41, 5.74) is 0. The molecule has 0 spiro atoms. The average molecular weight is 426 g/mol. The van der Waals surface area contributed by atoms with Crippen LogP contribution in [0.25, 0.3) is 0 Å². The summed E-state index contributed by atoms with van der Waals surface area (Å²) in [6.45, 7) is 0.609. The van der Waals surface area contributed by atoms with E-state index in [-0.39, 0.29) is 23.5 Å². The first-order chi connectivity index (χ1) is 13.9. The van der Waals surface area contributed by atoms with Gasteiger partial charge in [-0.15, -0.1) is 0 Å². The summed E-state index contributed by atoms with van der Waals surface area (Å²) in [4.78, 5) is 24.0. The Bertz CT molecular complexity index is 823. The maximum atomic E-state index is 13.1. The molecular weight excluding hydrogens is 397 g/mol. The molecule has 7 nitrogen and oxygen atoms in total. The van der Waals surface area contributed by atoms with Gasteiger partial charge < -0.3 is 10.6 Å². The van der Waals surface area contributed by atoms with Crippen molar-refractivity contribution in [1.29, 1.82) is 0 Å². The van der Waals surface area contributed by atoms with Gasteiger partial charge in [0, 0.05) is 25.2 Å². The number of nitrogens with one attached hydrogen (secondary N) is 2. The van der Waals surface area contributed by atoms with Gasteiger partial charge in [0.25, 0.3) is 0 Å².